The largest absolute Gasteiger partial charge is 0.175 e. The van der Waals surface area contributed by atoms with Crippen LogP contribution in [-0.4, -0.2) is 12.3 Å². The van der Waals surface area contributed by atoms with Crippen molar-refractivity contribution in [3.05, 3.63) is 71.8 Å². The van der Waals surface area contributed by atoms with Gasteiger partial charge in [-0.3, -0.25) is 0 Å². The molecule has 2 aromatic carbocycles. The van der Waals surface area contributed by atoms with E-state index in [-0.39, 0.29) is 6.70 Å². The summed E-state index contributed by atoms with van der Waals surface area (Å²) in [4.78, 5) is 0. The Hall–Kier alpha value is -1.04. The molecule has 0 amide bonds. The summed E-state index contributed by atoms with van der Waals surface area (Å²) in [5.41, 5.74) is 2.82. The van der Waals surface area contributed by atoms with Gasteiger partial charge in [0, 0.05) is 12.8 Å². The number of hydrogen-bond donors (Lipinski definition) is 0. The van der Waals surface area contributed by atoms with Crippen LogP contribution in [0.1, 0.15) is 11.1 Å². The van der Waals surface area contributed by atoms with E-state index < -0.39 is 0 Å². The van der Waals surface area contributed by atoms with E-state index in [0.717, 1.165) is 12.8 Å². The van der Waals surface area contributed by atoms with E-state index in [0.29, 0.717) is 0 Å². The van der Waals surface area contributed by atoms with E-state index in [1.807, 2.05) is 0 Å². The molecule has 2 rings (SSSR count). The Kier molecular flexibility index (Phi) is 5.51. The molecule has 0 aliphatic carbocycles. The second kappa shape index (κ2) is 7.41. The number of benzene rings is 2. The van der Waals surface area contributed by atoms with Gasteiger partial charge in [0.1, 0.15) is 12.3 Å². The highest BCUT2D eigenvalue weighted by molar-refractivity contribution is 8.05. The van der Waals surface area contributed by atoms with Crippen LogP contribution in [0.4, 0.5) is 0 Å². The van der Waals surface area contributed by atoms with Crippen LogP contribution in [0.2, 0.25) is 0 Å². The number of hydrogen-bond acceptors (Lipinski definition) is 1. The first-order valence-corrected chi connectivity index (χ1v) is 9.07. The second-order valence-electron chi connectivity index (χ2n) is 4.40. The minimum absolute atomic E-state index is 0.245. The summed E-state index contributed by atoms with van der Waals surface area (Å²) in [5, 5.41) is 0. The van der Waals surface area contributed by atoms with Gasteiger partial charge in [-0.1, -0.05) is 60.7 Å². The van der Waals surface area contributed by atoms with Crippen molar-refractivity contribution in [3.63, 3.8) is 0 Å². The molecule has 0 heterocycles. The van der Waals surface area contributed by atoms with Gasteiger partial charge in [0.15, 0.2) is 18.5 Å². The molecular weight excluding hydrogens is 255 g/mol. The van der Waals surface area contributed by atoms with E-state index in [9.17, 15) is 0 Å². The SMILES string of the molecule is S=[P+](CCc1ccccc1)CCc1ccccc1. The van der Waals surface area contributed by atoms with Crippen molar-refractivity contribution in [1.82, 2.24) is 0 Å². The fourth-order valence-electron chi connectivity index (χ4n) is 1.91. The minimum Gasteiger partial charge on any atom is -0.0622 e. The van der Waals surface area contributed by atoms with Crippen LogP contribution >= 0.6 is 6.70 Å². The standard InChI is InChI=1S/C16H18PS/c18-17(13-11-15-7-3-1-4-8-15)14-12-16-9-5-2-6-10-16/h1-10H,11-14H2/q+1. The quantitative estimate of drug-likeness (QED) is 0.702. The van der Waals surface area contributed by atoms with Crippen LogP contribution in [0.5, 0.6) is 0 Å². The topological polar surface area (TPSA) is 0 Å². The van der Waals surface area contributed by atoms with Gasteiger partial charge in [0.25, 0.3) is 0 Å². The molecule has 0 saturated carbocycles. The van der Waals surface area contributed by atoms with Crippen molar-refractivity contribution >= 4 is 18.5 Å². The average molecular weight is 273 g/mol. The van der Waals surface area contributed by atoms with Crippen LogP contribution in [-0.2, 0) is 24.6 Å². The van der Waals surface area contributed by atoms with Crippen molar-refractivity contribution in [2.75, 3.05) is 12.3 Å². The van der Waals surface area contributed by atoms with Crippen LogP contribution in [0.3, 0.4) is 0 Å². The number of rotatable bonds is 6. The normalized spacial score (nSPS) is 10.2. The first-order valence-electron chi connectivity index (χ1n) is 6.34. The molecule has 92 valence electrons. The monoisotopic (exact) mass is 273 g/mol. The molecule has 0 fully saturated rings. The Balaban J connectivity index is 1.73. The van der Waals surface area contributed by atoms with Crippen molar-refractivity contribution in [1.29, 1.82) is 0 Å². The zero-order chi connectivity index (χ0) is 12.6. The molecule has 0 bridgehead atoms. The Morgan fingerprint density at radius 2 is 1.06 bits per heavy atom. The lowest BCUT2D eigenvalue weighted by atomic mass is 10.2. The second-order valence-corrected chi connectivity index (χ2v) is 7.81. The van der Waals surface area contributed by atoms with Gasteiger partial charge in [-0.15, -0.1) is 0 Å². The molecule has 0 radical (unpaired) electrons. The van der Waals surface area contributed by atoms with Gasteiger partial charge in [0.2, 0.25) is 0 Å². The zero-order valence-electron chi connectivity index (χ0n) is 10.5. The minimum atomic E-state index is -0.245. The van der Waals surface area contributed by atoms with E-state index in [1.54, 1.807) is 0 Å². The number of aryl methyl sites for hydroxylation is 2. The smallest absolute Gasteiger partial charge is 0.0622 e. The lowest BCUT2D eigenvalue weighted by Crippen LogP contribution is -1.93. The Morgan fingerprint density at radius 3 is 1.44 bits per heavy atom. The summed E-state index contributed by atoms with van der Waals surface area (Å²) in [6.45, 7) is -0.245. The molecule has 0 nitrogen and oxygen atoms in total. The fraction of sp³-hybridized carbons (Fsp3) is 0.250. The van der Waals surface area contributed by atoms with Crippen molar-refractivity contribution in [2.45, 2.75) is 12.8 Å². The zero-order valence-corrected chi connectivity index (χ0v) is 12.2. The summed E-state index contributed by atoms with van der Waals surface area (Å²) in [7, 11) is 0. The molecule has 0 spiro atoms. The van der Waals surface area contributed by atoms with E-state index in [4.69, 9.17) is 11.8 Å². The maximum absolute atomic E-state index is 5.60. The molecule has 2 heteroatoms. The molecule has 18 heavy (non-hydrogen) atoms. The molecule has 0 aromatic heterocycles. The third-order valence-corrected chi connectivity index (χ3v) is 5.53. The predicted molar refractivity (Wildman–Crippen MR) is 84.3 cm³/mol. The molecule has 0 saturated heterocycles. The maximum atomic E-state index is 5.60. The Morgan fingerprint density at radius 1 is 0.667 bits per heavy atom. The van der Waals surface area contributed by atoms with Crippen LogP contribution in [0.15, 0.2) is 60.7 Å². The highest BCUT2D eigenvalue weighted by Gasteiger charge is 2.09. The van der Waals surface area contributed by atoms with Crippen LogP contribution < -0.4 is 0 Å². The predicted octanol–water partition coefficient (Wildman–Crippen LogP) is 4.42. The third-order valence-electron chi connectivity index (χ3n) is 2.99. The fourth-order valence-corrected chi connectivity index (χ4v) is 3.70. The van der Waals surface area contributed by atoms with Gasteiger partial charge in [-0.05, 0) is 11.1 Å². The molecule has 0 unspecified atom stereocenters. The molecule has 0 aliphatic rings. The van der Waals surface area contributed by atoms with E-state index >= 15 is 0 Å². The summed E-state index contributed by atoms with van der Waals surface area (Å²) in [6, 6.07) is 21.3. The first-order chi connectivity index (χ1) is 8.84. The Bertz CT molecular complexity index is 433. The average Bonchev–Trinajstić information content (AvgIpc) is 2.45. The third kappa shape index (κ3) is 4.68. The summed E-state index contributed by atoms with van der Waals surface area (Å²) < 4.78 is 0. The van der Waals surface area contributed by atoms with Crippen molar-refractivity contribution < 1.29 is 0 Å². The molecule has 0 atom stereocenters. The highest BCUT2D eigenvalue weighted by Crippen LogP contribution is 2.23. The van der Waals surface area contributed by atoms with Gasteiger partial charge in [0.05, 0.1) is 0 Å². The molecule has 0 aliphatic heterocycles. The highest BCUT2D eigenvalue weighted by atomic mass is 32.4. The van der Waals surface area contributed by atoms with Gasteiger partial charge in [-0.25, -0.2) is 0 Å². The van der Waals surface area contributed by atoms with E-state index in [1.165, 1.54) is 23.5 Å². The van der Waals surface area contributed by atoms with E-state index in [2.05, 4.69) is 60.7 Å². The lowest BCUT2D eigenvalue weighted by molar-refractivity contribution is 1.11. The van der Waals surface area contributed by atoms with Gasteiger partial charge >= 0.3 is 0 Å². The van der Waals surface area contributed by atoms with Crippen molar-refractivity contribution in [2.24, 2.45) is 0 Å². The van der Waals surface area contributed by atoms with Crippen LogP contribution in [0, 0.1) is 0 Å². The van der Waals surface area contributed by atoms with Gasteiger partial charge < -0.3 is 0 Å². The van der Waals surface area contributed by atoms with Gasteiger partial charge in [-0.2, -0.15) is 0 Å². The molecule has 0 N–H and O–H groups in total. The summed E-state index contributed by atoms with van der Waals surface area (Å²) in [6.07, 6.45) is 4.60. The lowest BCUT2D eigenvalue weighted by Gasteiger charge is -1.98. The first kappa shape index (κ1) is 13.4. The molecular formula is C16H18PS+. The molecule has 2 aromatic rings. The summed E-state index contributed by atoms with van der Waals surface area (Å²) >= 11 is 5.60. The van der Waals surface area contributed by atoms with Crippen LogP contribution in [0.25, 0.3) is 0 Å². The Labute approximate surface area is 115 Å². The van der Waals surface area contributed by atoms with Crippen molar-refractivity contribution in [3.8, 4) is 0 Å². The maximum Gasteiger partial charge on any atom is 0.175 e. The summed E-state index contributed by atoms with van der Waals surface area (Å²) in [5.74, 6) is 0.